The van der Waals surface area contributed by atoms with Gasteiger partial charge in [0.05, 0.1) is 6.61 Å². The van der Waals surface area contributed by atoms with Crippen molar-refractivity contribution >= 4 is 26.0 Å². The Morgan fingerprint density at radius 1 is 1.56 bits per heavy atom. The van der Waals surface area contributed by atoms with Crippen molar-refractivity contribution < 1.29 is 17.9 Å². The van der Waals surface area contributed by atoms with Crippen LogP contribution in [0.25, 0.3) is 0 Å². The molecule has 7 heteroatoms. The van der Waals surface area contributed by atoms with Crippen LogP contribution in [0.3, 0.4) is 0 Å². The van der Waals surface area contributed by atoms with E-state index in [4.69, 9.17) is 5.11 Å². The molecule has 2 N–H and O–H groups in total. The SMILES string of the molecule is C[C@H](CO)NS(=O)(=O)c1cc(Br)ccc1F. The maximum absolute atomic E-state index is 13.3. The molecule has 0 unspecified atom stereocenters. The van der Waals surface area contributed by atoms with Gasteiger partial charge < -0.3 is 5.11 Å². The van der Waals surface area contributed by atoms with Gasteiger partial charge in [-0.15, -0.1) is 0 Å². The Kier molecular flexibility index (Phi) is 4.43. The topological polar surface area (TPSA) is 66.4 Å². The molecule has 0 spiro atoms. The van der Waals surface area contributed by atoms with Crippen LogP contribution in [0.4, 0.5) is 4.39 Å². The van der Waals surface area contributed by atoms with Gasteiger partial charge in [-0.1, -0.05) is 15.9 Å². The molecule has 0 bridgehead atoms. The van der Waals surface area contributed by atoms with E-state index in [2.05, 4.69) is 20.7 Å². The molecular weight excluding hydrogens is 301 g/mol. The van der Waals surface area contributed by atoms with E-state index in [1.165, 1.54) is 19.1 Å². The molecule has 0 saturated heterocycles. The molecule has 0 aliphatic rings. The number of benzene rings is 1. The average molecular weight is 312 g/mol. The van der Waals surface area contributed by atoms with Gasteiger partial charge in [-0.05, 0) is 25.1 Å². The minimum absolute atomic E-state index is 0.352. The number of nitrogens with one attached hydrogen (secondary N) is 1. The maximum Gasteiger partial charge on any atom is 0.243 e. The van der Waals surface area contributed by atoms with Gasteiger partial charge in [0.25, 0.3) is 0 Å². The monoisotopic (exact) mass is 311 g/mol. The molecule has 0 heterocycles. The fourth-order valence-corrected chi connectivity index (χ4v) is 2.90. The Hall–Kier alpha value is -0.500. The summed E-state index contributed by atoms with van der Waals surface area (Å²) in [5.41, 5.74) is 0. The van der Waals surface area contributed by atoms with Crippen molar-refractivity contribution in [2.24, 2.45) is 0 Å². The Balaban J connectivity index is 3.12. The van der Waals surface area contributed by atoms with Gasteiger partial charge in [0.2, 0.25) is 10.0 Å². The molecule has 0 saturated carbocycles. The molecular formula is C9H11BrFNO3S. The van der Waals surface area contributed by atoms with E-state index in [9.17, 15) is 12.8 Å². The number of rotatable bonds is 4. The van der Waals surface area contributed by atoms with Gasteiger partial charge in [-0.2, -0.15) is 0 Å². The van der Waals surface area contributed by atoms with Crippen molar-refractivity contribution in [3.63, 3.8) is 0 Å². The summed E-state index contributed by atoms with van der Waals surface area (Å²) >= 11 is 3.06. The van der Waals surface area contributed by atoms with Crippen molar-refractivity contribution in [1.29, 1.82) is 0 Å². The van der Waals surface area contributed by atoms with E-state index < -0.39 is 26.8 Å². The number of hydrogen-bond acceptors (Lipinski definition) is 3. The van der Waals surface area contributed by atoms with Gasteiger partial charge in [0.1, 0.15) is 10.7 Å². The highest BCUT2D eigenvalue weighted by molar-refractivity contribution is 9.10. The van der Waals surface area contributed by atoms with Crippen LogP contribution in [-0.4, -0.2) is 26.2 Å². The highest BCUT2D eigenvalue weighted by Crippen LogP contribution is 2.19. The number of halogens is 2. The van der Waals surface area contributed by atoms with Crippen molar-refractivity contribution in [1.82, 2.24) is 4.72 Å². The molecule has 0 aliphatic carbocycles. The third kappa shape index (κ3) is 3.24. The summed E-state index contributed by atoms with van der Waals surface area (Å²) in [6, 6.07) is 2.97. The molecule has 0 fully saturated rings. The first-order valence-electron chi connectivity index (χ1n) is 4.45. The van der Waals surface area contributed by atoms with Crippen LogP contribution >= 0.6 is 15.9 Å². The van der Waals surface area contributed by atoms with Crippen LogP contribution in [0.1, 0.15) is 6.92 Å². The first kappa shape index (κ1) is 13.6. The van der Waals surface area contributed by atoms with E-state index in [1.54, 1.807) is 0 Å². The number of hydrogen-bond donors (Lipinski definition) is 2. The summed E-state index contributed by atoms with van der Waals surface area (Å²) < 4.78 is 39.3. The van der Waals surface area contributed by atoms with Crippen LogP contribution in [0.15, 0.2) is 27.6 Å². The Labute approximate surface area is 102 Å². The fourth-order valence-electron chi connectivity index (χ4n) is 1.05. The zero-order chi connectivity index (χ0) is 12.3. The summed E-state index contributed by atoms with van der Waals surface area (Å²) in [6.07, 6.45) is 0. The number of aliphatic hydroxyl groups excluding tert-OH is 1. The molecule has 0 aliphatic heterocycles. The predicted octanol–water partition coefficient (Wildman–Crippen LogP) is 1.25. The van der Waals surface area contributed by atoms with Crippen LogP contribution in [-0.2, 0) is 10.0 Å². The fraction of sp³-hybridized carbons (Fsp3) is 0.333. The summed E-state index contributed by atoms with van der Waals surface area (Å²) in [5.74, 6) is -0.833. The minimum atomic E-state index is -3.94. The minimum Gasteiger partial charge on any atom is -0.395 e. The highest BCUT2D eigenvalue weighted by atomic mass is 79.9. The van der Waals surface area contributed by atoms with Crippen molar-refractivity contribution in [3.8, 4) is 0 Å². The van der Waals surface area contributed by atoms with E-state index in [1.807, 2.05) is 0 Å². The average Bonchev–Trinajstić information content (AvgIpc) is 2.20. The second-order valence-corrected chi connectivity index (χ2v) is 5.88. The van der Waals surface area contributed by atoms with Gasteiger partial charge in [-0.3, -0.25) is 0 Å². The van der Waals surface area contributed by atoms with Crippen LogP contribution in [0, 0.1) is 5.82 Å². The molecule has 1 rings (SSSR count). The summed E-state index contributed by atoms with van der Waals surface area (Å²) in [4.78, 5) is -0.442. The molecule has 4 nitrogen and oxygen atoms in total. The summed E-state index contributed by atoms with van der Waals surface area (Å²) in [7, 11) is -3.94. The quantitative estimate of drug-likeness (QED) is 0.879. The molecule has 0 amide bonds. The maximum atomic E-state index is 13.3. The van der Waals surface area contributed by atoms with Crippen molar-refractivity contribution in [2.45, 2.75) is 17.9 Å². The van der Waals surface area contributed by atoms with Crippen LogP contribution < -0.4 is 4.72 Å². The lowest BCUT2D eigenvalue weighted by Gasteiger charge is -2.12. The molecule has 1 aromatic carbocycles. The first-order chi connectivity index (χ1) is 7.36. The summed E-state index contributed by atoms with van der Waals surface area (Å²) in [5, 5.41) is 8.74. The van der Waals surface area contributed by atoms with Gasteiger partial charge in [0.15, 0.2) is 0 Å². The van der Waals surface area contributed by atoms with Gasteiger partial charge in [-0.25, -0.2) is 17.5 Å². The van der Waals surface area contributed by atoms with Crippen molar-refractivity contribution in [3.05, 3.63) is 28.5 Å². The zero-order valence-corrected chi connectivity index (χ0v) is 10.8. The second kappa shape index (κ2) is 5.22. The van der Waals surface area contributed by atoms with Crippen molar-refractivity contribution in [2.75, 3.05) is 6.61 Å². The lowest BCUT2D eigenvalue weighted by atomic mass is 10.3. The number of sulfonamides is 1. The smallest absolute Gasteiger partial charge is 0.243 e. The lowest BCUT2D eigenvalue weighted by Crippen LogP contribution is -2.35. The molecule has 1 aromatic rings. The van der Waals surface area contributed by atoms with E-state index in [0.29, 0.717) is 4.47 Å². The van der Waals surface area contributed by atoms with E-state index >= 15 is 0 Å². The molecule has 0 aromatic heterocycles. The van der Waals surface area contributed by atoms with E-state index in [0.717, 1.165) is 6.07 Å². The van der Waals surface area contributed by atoms with Gasteiger partial charge >= 0.3 is 0 Å². The van der Waals surface area contributed by atoms with Crippen LogP contribution in [0.5, 0.6) is 0 Å². The highest BCUT2D eigenvalue weighted by Gasteiger charge is 2.21. The largest absolute Gasteiger partial charge is 0.395 e. The second-order valence-electron chi connectivity index (χ2n) is 3.28. The molecule has 0 radical (unpaired) electrons. The van der Waals surface area contributed by atoms with E-state index in [-0.39, 0.29) is 6.61 Å². The predicted molar refractivity (Wildman–Crippen MR) is 61.0 cm³/mol. The third-order valence-electron chi connectivity index (χ3n) is 1.81. The zero-order valence-electron chi connectivity index (χ0n) is 8.44. The molecule has 90 valence electrons. The van der Waals surface area contributed by atoms with Gasteiger partial charge in [0, 0.05) is 10.5 Å². The summed E-state index contributed by atoms with van der Waals surface area (Å²) in [6.45, 7) is 1.13. The third-order valence-corrected chi connectivity index (χ3v) is 3.91. The molecule has 16 heavy (non-hydrogen) atoms. The van der Waals surface area contributed by atoms with Crippen LogP contribution in [0.2, 0.25) is 0 Å². The Morgan fingerprint density at radius 3 is 2.75 bits per heavy atom. The Bertz CT molecular complexity index is 478. The lowest BCUT2D eigenvalue weighted by molar-refractivity contribution is 0.265. The standard InChI is InChI=1S/C9H11BrFNO3S/c1-6(5-13)12-16(14,15)9-4-7(10)2-3-8(9)11/h2-4,6,12-13H,5H2,1H3/t6-/m1/s1. The Morgan fingerprint density at radius 2 is 2.19 bits per heavy atom. The normalized spacial score (nSPS) is 13.8. The number of aliphatic hydroxyl groups is 1. The molecule has 1 atom stereocenters. The first-order valence-corrected chi connectivity index (χ1v) is 6.72.